The number of carbonyl (C=O) groups excluding carboxylic acids is 1. The molecule has 2 aliphatic heterocycles. The summed E-state index contributed by atoms with van der Waals surface area (Å²) >= 11 is 3.46. The van der Waals surface area contributed by atoms with Gasteiger partial charge >= 0.3 is 0 Å². The van der Waals surface area contributed by atoms with Crippen LogP contribution in [0.25, 0.3) is 0 Å². The topological polar surface area (TPSA) is 75.7 Å². The Morgan fingerprint density at radius 3 is 2.92 bits per heavy atom. The Bertz CT molecular complexity index is 768. The molecule has 1 amide bonds. The number of hydrogen-bond acceptors (Lipinski definition) is 4. The molecule has 1 aromatic carbocycles. The molecule has 1 saturated heterocycles. The number of nitrogens with one attached hydrogen (secondary N) is 1. The highest BCUT2D eigenvalue weighted by Gasteiger charge is 2.37. The van der Waals surface area contributed by atoms with Crippen LogP contribution in [-0.2, 0) is 14.8 Å². The van der Waals surface area contributed by atoms with Crippen LogP contribution in [0.3, 0.4) is 0 Å². The number of nitrogens with zero attached hydrogens (tertiary/aromatic N) is 1. The Hall–Kier alpha value is -1.12. The molecule has 144 valence electrons. The minimum atomic E-state index is -3.40. The molecule has 0 radical (unpaired) electrons. The van der Waals surface area contributed by atoms with Crippen molar-refractivity contribution in [2.24, 2.45) is 0 Å². The van der Waals surface area contributed by atoms with E-state index in [1.54, 1.807) is 0 Å². The molecule has 6 nitrogen and oxygen atoms in total. The largest absolute Gasteiger partial charge is 0.493 e. The van der Waals surface area contributed by atoms with Crippen molar-refractivity contribution in [2.45, 2.75) is 51.1 Å². The van der Waals surface area contributed by atoms with Crippen molar-refractivity contribution < 1.29 is 17.9 Å². The standard InChI is InChI=1S/C18H25BrN2O4S/c1-2-11-26(23,24)21-9-4-3-5-16(21)18(22)20-15-8-10-25-17-7-6-13(19)12-14(15)17/h6-7,12,15-16H,2-5,8-11H2,1H3,(H,20,22). The van der Waals surface area contributed by atoms with Gasteiger partial charge in [0.1, 0.15) is 11.8 Å². The number of sulfonamides is 1. The molecular formula is C18H25BrN2O4S. The van der Waals surface area contributed by atoms with Gasteiger partial charge in [-0.3, -0.25) is 4.79 Å². The zero-order valence-corrected chi connectivity index (χ0v) is 17.3. The van der Waals surface area contributed by atoms with Crippen LogP contribution in [-0.4, -0.2) is 43.6 Å². The number of benzene rings is 1. The van der Waals surface area contributed by atoms with Crippen LogP contribution < -0.4 is 10.1 Å². The van der Waals surface area contributed by atoms with Crippen LogP contribution in [0.4, 0.5) is 0 Å². The molecule has 1 aromatic rings. The lowest BCUT2D eigenvalue weighted by Gasteiger charge is -2.35. The maximum Gasteiger partial charge on any atom is 0.238 e. The first-order valence-corrected chi connectivity index (χ1v) is 11.5. The van der Waals surface area contributed by atoms with Gasteiger partial charge in [0, 0.05) is 23.0 Å². The molecule has 0 saturated carbocycles. The van der Waals surface area contributed by atoms with E-state index in [4.69, 9.17) is 4.74 Å². The maximum atomic E-state index is 13.0. The predicted molar refractivity (Wildman–Crippen MR) is 104 cm³/mol. The summed E-state index contributed by atoms with van der Waals surface area (Å²) in [5.41, 5.74) is 0.928. The quantitative estimate of drug-likeness (QED) is 0.756. The lowest BCUT2D eigenvalue weighted by Crippen LogP contribution is -2.53. The molecule has 1 N–H and O–H groups in total. The van der Waals surface area contributed by atoms with Crippen LogP contribution in [0.1, 0.15) is 50.6 Å². The first kappa shape index (κ1) is 19.6. The van der Waals surface area contributed by atoms with Crippen molar-refractivity contribution >= 4 is 31.9 Å². The van der Waals surface area contributed by atoms with Crippen LogP contribution in [0, 0.1) is 0 Å². The predicted octanol–water partition coefficient (Wildman–Crippen LogP) is 2.98. The molecule has 2 heterocycles. The number of rotatable bonds is 5. The average molecular weight is 445 g/mol. The first-order valence-electron chi connectivity index (χ1n) is 9.14. The fourth-order valence-electron chi connectivity index (χ4n) is 3.66. The summed E-state index contributed by atoms with van der Waals surface area (Å²) in [6.45, 7) is 2.80. The van der Waals surface area contributed by atoms with Gasteiger partial charge in [0.2, 0.25) is 15.9 Å². The second-order valence-electron chi connectivity index (χ2n) is 6.82. The summed E-state index contributed by atoms with van der Waals surface area (Å²) in [7, 11) is -3.40. The van der Waals surface area contributed by atoms with Gasteiger partial charge in [-0.05, 0) is 37.5 Å². The van der Waals surface area contributed by atoms with Crippen molar-refractivity contribution in [3.63, 3.8) is 0 Å². The minimum absolute atomic E-state index is 0.0871. The third-order valence-corrected chi connectivity index (χ3v) is 7.47. The smallest absolute Gasteiger partial charge is 0.238 e. The highest BCUT2D eigenvalue weighted by molar-refractivity contribution is 9.10. The van der Waals surface area contributed by atoms with E-state index in [2.05, 4.69) is 21.2 Å². The fourth-order valence-corrected chi connectivity index (χ4v) is 5.78. The molecular weight excluding hydrogens is 420 g/mol. The minimum Gasteiger partial charge on any atom is -0.493 e. The number of fused-ring (bicyclic) bond motifs is 1. The van der Waals surface area contributed by atoms with E-state index >= 15 is 0 Å². The Morgan fingerprint density at radius 1 is 1.35 bits per heavy atom. The summed E-state index contributed by atoms with van der Waals surface area (Å²) in [4.78, 5) is 13.0. The zero-order chi connectivity index (χ0) is 18.7. The van der Waals surface area contributed by atoms with Gasteiger partial charge in [0.15, 0.2) is 0 Å². The van der Waals surface area contributed by atoms with E-state index in [-0.39, 0.29) is 17.7 Å². The van der Waals surface area contributed by atoms with Gasteiger partial charge in [0.05, 0.1) is 18.4 Å². The Balaban J connectivity index is 1.78. The number of carbonyl (C=O) groups is 1. The number of amides is 1. The van der Waals surface area contributed by atoms with Crippen molar-refractivity contribution in [3.8, 4) is 5.75 Å². The third kappa shape index (κ3) is 4.23. The zero-order valence-electron chi connectivity index (χ0n) is 14.9. The van der Waals surface area contributed by atoms with Gasteiger partial charge < -0.3 is 10.1 Å². The Morgan fingerprint density at radius 2 is 2.15 bits per heavy atom. The molecule has 2 aliphatic rings. The van der Waals surface area contributed by atoms with Crippen LogP contribution in [0.5, 0.6) is 5.75 Å². The van der Waals surface area contributed by atoms with Gasteiger partial charge in [-0.15, -0.1) is 0 Å². The average Bonchev–Trinajstić information content (AvgIpc) is 2.62. The summed E-state index contributed by atoms with van der Waals surface area (Å²) in [5.74, 6) is 0.648. The van der Waals surface area contributed by atoms with Gasteiger partial charge in [-0.1, -0.05) is 29.3 Å². The molecule has 2 atom stereocenters. The molecule has 0 aromatic heterocycles. The first-order chi connectivity index (χ1) is 12.4. The van der Waals surface area contributed by atoms with Gasteiger partial charge in [-0.2, -0.15) is 4.31 Å². The van der Waals surface area contributed by atoms with Crippen LogP contribution >= 0.6 is 15.9 Å². The van der Waals surface area contributed by atoms with Crippen molar-refractivity contribution in [1.82, 2.24) is 9.62 Å². The van der Waals surface area contributed by atoms with Crippen molar-refractivity contribution in [1.29, 1.82) is 0 Å². The summed E-state index contributed by atoms with van der Waals surface area (Å²) < 4.78 is 33.1. The number of ether oxygens (including phenoxy) is 1. The number of hydrogen-bond donors (Lipinski definition) is 1. The van der Waals surface area contributed by atoms with Crippen LogP contribution in [0.15, 0.2) is 22.7 Å². The van der Waals surface area contributed by atoms with E-state index in [0.29, 0.717) is 32.4 Å². The molecule has 0 bridgehead atoms. The molecule has 8 heteroatoms. The summed E-state index contributed by atoms with van der Waals surface area (Å²) in [6, 6.07) is 4.96. The van der Waals surface area contributed by atoms with E-state index in [0.717, 1.165) is 28.6 Å². The van der Waals surface area contributed by atoms with E-state index in [9.17, 15) is 13.2 Å². The van der Waals surface area contributed by atoms with E-state index < -0.39 is 16.1 Å². The highest BCUT2D eigenvalue weighted by atomic mass is 79.9. The molecule has 26 heavy (non-hydrogen) atoms. The van der Waals surface area contributed by atoms with Gasteiger partial charge in [0.25, 0.3) is 0 Å². The molecule has 2 unspecified atom stereocenters. The molecule has 0 spiro atoms. The number of piperidine rings is 1. The normalized spacial score (nSPS) is 23.8. The van der Waals surface area contributed by atoms with Crippen molar-refractivity contribution in [2.75, 3.05) is 18.9 Å². The number of halogens is 1. The second kappa shape index (κ2) is 8.27. The summed E-state index contributed by atoms with van der Waals surface area (Å²) in [6.07, 6.45) is 3.47. The van der Waals surface area contributed by atoms with Crippen LogP contribution in [0.2, 0.25) is 0 Å². The van der Waals surface area contributed by atoms with E-state index in [1.807, 2.05) is 25.1 Å². The van der Waals surface area contributed by atoms with E-state index in [1.165, 1.54) is 4.31 Å². The van der Waals surface area contributed by atoms with Crippen molar-refractivity contribution in [3.05, 3.63) is 28.2 Å². The molecule has 1 fully saturated rings. The SMILES string of the molecule is CCCS(=O)(=O)N1CCCCC1C(=O)NC1CCOc2ccc(Br)cc21. The Labute approximate surface area is 163 Å². The highest BCUT2D eigenvalue weighted by Crippen LogP contribution is 2.34. The second-order valence-corrected chi connectivity index (χ2v) is 9.78. The Kier molecular flexibility index (Phi) is 6.25. The molecule has 0 aliphatic carbocycles. The van der Waals surface area contributed by atoms with Gasteiger partial charge in [-0.25, -0.2) is 8.42 Å². The lowest BCUT2D eigenvalue weighted by atomic mass is 9.99. The fraction of sp³-hybridized carbons (Fsp3) is 0.611. The third-order valence-electron chi connectivity index (χ3n) is 4.90. The lowest BCUT2D eigenvalue weighted by molar-refractivity contribution is -0.126. The molecule has 3 rings (SSSR count). The maximum absolute atomic E-state index is 13.0. The monoisotopic (exact) mass is 444 g/mol. The summed E-state index contributed by atoms with van der Waals surface area (Å²) in [5, 5.41) is 3.07.